The minimum Gasteiger partial charge on any atom is -0.486 e. The van der Waals surface area contributed by atoms with Gasteiger partial charge in [0.05, 0.1) is 24.7 Å². The Hall–Kier alpha value is -2.73. The Morgan fingerprint density at radius 3 is 2.77 bits per heavy atom. The topological polar surface area (TPSA) is 77.5 Å². The molecule has 6 heteroatoms. The molecule has 1 aromatic carbocycles. The molecule has 1 saturated heterocycles. The van der Waals surface area contributed by atoms with Crippen molar-refractivity contribution in [1.82, 2.24) is 10.3 Å². The minimum absolute atomic E-state index is 0.104. The second-order valence-corrected chi connectivity index (χ2v) is 6.80. The van der Waals surface area contributed by atoms with Gasteiger partial charge in [-0.15, -0.1) is 0 Å². The fourth-order valence-corrected chi connectivity index (χ4v) is 3.66. The first kappa shape index (κ1) is 16.7. The largest absolute Gasteiger partial charge is 0.486 e. The van der Waals surface area contributed by atoms with Crippen LogP contribution in [-0.4, -0.2) is 42.5 Å². The zero-order chi connectivity index (χ0) is 18.1. The third-order valence-corrected chi connectivity index (χ3v) is 5.10. The molecular weight excluding hydrogens is 332 g/mol. The van der Waals surface area contributed by atoms with E-state index in [0.717, 1.165) is 37.1 Å². The molecule has 2 aromatic rings. The minimum atomic E-state index is -0.440. The summed E-state index contributed by atoms with van der Waals surface area (Å²) in [5, 5.41) is 3.31. The maximum Gasteiger partial charge on any atom is 0.339 e. The van der Waals surface area contributed by atoms with Gasteiger partial charge in [-0.1, -0.05) is 6.07 Å². The van der Waals surface area contributed by atoms with Gasteiger partial charge in [-0.05, 0) is 36.9 Å². The number of methoxy groups -OCH3 is 1. The number of benzene rings is 1. The monoisotopic (exact) mass is 352 g/mol. The van der Waals surface area contributed by atoms with E-state index in [1.165, 1.54) is 13.3 Å². The number of pyridine rings is 1. The van der Waals surface area contributed by atoms with Gasteiger partial charge < -0.3 is 14.8 Å². The first-order chi connectivity index (χ1) is 12.6. The molecule has 3 heterocycles. The quantitative estimate of drug-likeness (QED) is 0.837. The van der Waals surface area contributed by atoms with E-state index >= 15 is 0 Å². The summed E-state index contributed by atoms with van der Waals surface area (Å²) in [7, 11) is 1.33. The summed E-state index contributed by atoms with van der Waals surface area (Å²) in [4.78, 5) is 28.6. The van der Waals surface area contributed by atoms with E-state index in [1.807, 2.05) is 18.2 Å². The van der Waals surface area contributed by atoms with Crippen LogP contribution in [0.5, 0.6) is 5.75 Å². The first-order valence-electron chi connectivity index (χ1n) is 8.71. The van der Waals surface area contributed by atoms with Crippen LogP contribution in [0, 0.1) is 0 Å². The molecule has 134 valence electrons. The molecule has 1 aromatic heterocycles. The van der Waals surface area contributed by atoms with Crippen molar-refractivity contribution < 1.29 is 19.1 Å². The lowest BCUT2D eigenvalue weighted by Gasteiger charge is -2.41. The first-order valence-corrected chi connectivity index (χ1v) is 8.71. The standard InChI is InChI=1S/C20H20N2O4/c1-25-19(24)15-8-14(11-22-12-15)13-2-3-18-16(9-13)17(23)10-20(26-18)4-6-21-7-5-20/h2-3,8-9,11-12,21H,4-7,10H2,1H3. The van der Waals surface area contributed by atoms with Crippen molar-refractivity contribution in [2.75, 3.05) is 20.2 Å². The van der Waals surface area contributed by atoms with Crippen molar-refractivity contribution in [3.8, 4) is 16.9 Å². The van der Waals surface area contributed by atoms with E-state index in [9.17, 15) is 9.59 Å². The number of hydrogen-bond acceptors (Lipinski definition) is 6. The smallest absolute Gasteiger partial charge is 0.339 e. The van der Waals surface area contributed by atoms with Gasteiger partial charge in [0.15, 0.2) is 5.78 Å². The molecule has 1 fully saturated rings. The molecule has 1 spiro atoms. The predicted molar refractivity (Wildman–Crippen MR) is 95.4 cm³/mol. The van der Waals surface area contributed by atoms with Crippen LogP contribution in [0.25, 0.3) is 11.1 Å². The van der Waals surface area contributed by atoms with Crippen molar-refractivity contribution in [1.29, 1.82) is 0 Å². The molecule has 0 unspecified atom stereocenters. The van der Waals surface area contributed by atoms with Crippen LogP contribution in [0.2, 0.25) is 0 Å². The van der Waals surface area contributed by atoms with Crippen LogP contribution in [0.3, 0.4) is 0 Å². The summed E-state index contributed by atoms with van der Waals surface area (Å²) in [6.07, 6.45) is 5.21. The Morgan fingerprint density at radius 1 is 1.19 bits per heavy atom. The molecule has 4 rings (SSSR count). The summed E-state index contributed by atoms with van der Waals surface area (Å²) < 4.78 is 11.0. The second kappa shape index (κ2) is 6.53. The number of fused-ring (bicyclic) bond motifs is 1. The van der Waals surface area contributed by atoms with E-state index < -0.39 is 5.97 Å². The summed E-state index contributed by atoms with van der Waals surface area (Å²) in [6.45, 7) is 1.74. The molecule has 1 N–H and O–H groups in total. The van der Waals surface area contributed by atoms with Gasteiger partial charge in [0.1, 0.15) is 11.4 Å². The summed E-state index contributed by atoms with van der Waals surface area (Å²) in [5.41, 5.74) is 2.17. The number of hydrogen-bond donors (Lipinski definition) is 1. The van der Waals surface area contributed by atoms with Crippen LogP contribution < -0.4 is 10.1 Å². The van der Waals surface area contributed by atoms with Gasteiger partial charge >= 0.3 is 5.97 Å². The third kappa shape index (κ3) is 2.97. The van der Waals surface area contributed by atoms with Gasteiger partial charge in [0.25, 0.3) is 0 Å². The van der Waals surface area contributed by atoms with Crippen LogP contribution in [0.1, 0.15) is 40.0 Å². The average molecular weight is 352 g/mol. The molecule has 0 bridgehead atoms. The highest BCUT2D eigenvalue weighted by Gasteiger charge is 2.41. The molecular formula is C20H20N2O4. The summed E-state index contributed by atoms with van der Waals surface area (Å²) in [6, 6.07) is 7.27. The second-order valence-electron chi connectivity index (χ2n) is 6.80. The molecule has 0 atom stereocenters. The number of Topliss-reactive ketones (excluding diaryl/α,β-unsaturated/α-hetero) is 1. The Kier molecular flexibility index (Phi) is 4.20. The molecule has 0 saturated carbocycles. The van der Waals surface area contributed by atoms with Gasteiger partial charge in [0, 0.05) is 30.8 Å². The van der Waals surface area contributed by atoms with Crippen molar-refractivity contribution in [3.05, 3.63) is 47.8 Å². The van der Waals surface area contributed by atoms with Crippen LogP contribution in [0.15, 0.2) is 36.7 Å². The Bertz CT molecular complexity index is 872. The molecule has 2 aliphatic heterocycles. The normalized spacial score (nSPS) is 18.1. The Labute approximate surface area is 151 Å². The number of carbonyl (C=O) groups excluding carboxylic acids is 2. The van der Waals surface area contributed by atoms with Gasteiger partial charge in [-0.25, -0.2) is 4.79 Å². The summed E-state index contributed by atoms with van der Waals surface area (Å²) in [5.74, 6) is 0.306. The Morgan fingerprint density at radius 2 is 2.00 bits per heavy atom. The number of ketones is 1. The number of nitrogens with one attached hydrogen (secondary N) is 1. The molecule has 26 heavy (non-hydrogen) atoms. The van der Waals surface area contributed by atoms with E-state index in [2.05, 4.69) is 10.3 Å². The van der Waals surface area contributed by atoms with E-state index in [0.29, 0.717) is 23.3 Å². The van der Waals surface area contributed by atoms with Crippen molar-refractivity contribution >= 4 is 11.8 Å². The van der Waals surface area contributed by atoms with Crippen LogP contribution in [0.4, 0.5) is 0 Å². The average Bonchev–Trinajstić information content (AvgIpc) is 2.68. The number of ether oxygens (including phenoxy) is 2. The van der Waals surface area contributed by atoms with Crippen LogP contribution >= 0.6 is 0 Å². The zero-order valence-electron chi connectivity index (χ0n) is 14.6. The predicted octanol–water partition coefficient (Wildman–Crippen LogP) is 2.62. The highest BCUT2D eigenvalue weighted by molar-refractivity contribution is 6.01. The van der Waals surface area contributed by atoms with Crippen molar-refractivity contribution in [3.63, 3.8) is 0 Å². The highest BCUT2D eigenvalue weighted by atomic mass is 16.5. The van der Waals surface area contributed by atoms with Gasteiger partial charge in [-0.3, -0.25) is 9.78 Å². The molecule has 6 nitrogen and oxygen atoms in total. The van der Waals surface area contributed by atoms with Crippen LogP contribution in [-0.2, 0) is 4.74 Å². The lowest BCUT2D eigenvalue weighted by atomic mass is 9.82. The highest BCUT2D eigenvalue weighted by Crippen LogP contribution is 2.39. The fraction of sp³-hybridized carbons (Fsp3) is 0.350. The van der Waals surface area contributed by atoms with Crippen molar-refractivity contribution in [2.45, 2.75) is 24.9 Å². The fourth-order valence-electron chi connectivity index (χ4n) is 3.66. The number of carbonyl (C=O) groups is 2. The zero-order valence-corrected chi connectivity index (χ0v) is 14.6. The summed E-state index contributed by atoms with van der Waals surface area (Å²) >= 11 is 0. The number of nitrogens with zero attached hydrogens (tertiary/aromatic N) is 1. The molecule has 0 radical (unpaired) electrons. The maximum absolute atomic E-state index is 12.8. The van der Waals surface area contributed by atoms with E-state index in [1.54, 1.807) is 12.3 Å². The number of piperidine rings is 1. The van der Waals surface area contributed by atoms with Gasteiger partial charge in [-0.2, -0.15) is 0 Å². The van der Waals surface area contributed by atoms with E-state index in [4.69, 9.17) is 9.47 Å². The number of esters is 1. The molecule has 0 amide bonds. The SMILES string of the molecule is COC(=O)c1cncc(-c2ccc3c(c2)C(=O)CC2(CCNCC2)O3)c1. The number of aromatic nitrogens is 1. The maximum atomic E-state index is 12.8. The lowest BCUT2D eigenvalue weighted by molar-refractivity contribution is 0.0187. The third-order valence-electron chi connectivity index (χ3n) is 5.10. The van der Waals surface area contributed by atoms with Crippen molar-refractivity contribution in [2.24, 2.45) is 0 Å². The van der Waals surface area contributed by atoms with E-state index in [-0.39, 0.29) is 11.4 Å². The molecule has 2 aliphatic rings. The van der Waals surface area contributed by atoms with Gasteiger partial charge in [0.2, 0.25) is 0 Å². The Balaban J connectivity index is 1.67. The lowest BCUT2D eigenvalue weighted by Crippen LogP contribution is -2.49. The number of rotatable bonds is 2. The molecule has 0 aliphatic carbocycles.